The zero-order valence-electron chi connectivity index (χ0n) is 14.4. The molecular weight excluding hydrogens is 328 g/mol. The number of pyridine rings is 1. The van der Waals surface area contributed by atoms with Crippen LogP contribution in [-0.2, 0) is 11.3 Å². The Morgan fingerprint density at radius 1 is 1.12 bits per heavy atom. The lowest BCUT2D eigenvalue weighted by Crippen LogP contribution is -2.23. The van der Waals surface area contributed by atoms with Crippen LogP contribution in [0.3, 0.4) is 0 Å². The molecule has 1 saturated heterocycles. The Morgan fingerprint density at radius 2 is 2.00 bits per heavy atom. The number of amides is 1. The first-order valence-electron chi connectivity index (χ1n) is 8.85. The quantitative estimate of drug-likeness (QED) is 0.783. The first-order valence-corrected chi connectivity index (χ1v) is 8.85. The van der Waals surface area contributed by atoms with Gasteiger partial charge in [-0.1, -0.05) is 12.1 Å². The van der Waals surface area contributed by atoms with E-state index in [4.69, 9.17) is 4.74 Å². The number of carbonyl (C=O) groups excluding carboxylic acids is 1. The summed E-state index contributed by atoms with van der Waals surface area (Å²) in [6.45, 7) is 1.15. The van der Waals surface area contributed by atoms with Gasteiger partial charge in [-0.2, -0.15) is 0 Å². The predicted octanol–water partition coefficient (Wildman–Crippen LogP) is 3.20. The Labute approximate surface area is 151 Å². The van der Waals surface area contributed by atoms with Crippen LogP contribution in [0.15, 0.2) is 48.9 Å². The molecule has 3 aromatic rings. The summed E-state index contributed by atoms with van der Waals surface area (Å²) in [5.41, 5.74) is 2.28. The monoisotopic (exact) mass is 348 g/mol. The number of rotatable bonds is 4. The fraction of sp³-hybridized carbons (Fsp3) is 0.300. The Kier molecular flexibility index (Phi) is 4.84. The number of ether oxygens (including phenoxy) is 1. The van der Waals surface area contributed by atoms with Gasteiger partial charge in [-0.05, 0) is 37.5 Å². The van der Waals surface area contributed by atoms with Crippen LogP contribution in [0.2, 0.25) is 0 Å². The van der Waals surface area contributed by atoms with Gasteiger partial charge in [0.1, 0.15) is 6.10 Å². The van der Waals surface area contributed by atoms with Gasteiger partial charge in [-0.25, -0.2) is 9.97 Å². The standard InChI is InChI=1S/C20H20N4O2/c25-20(16-5-3-7-17-15(16)6-4-9-21-17)24-13-14-11-22-19(23-12-14)18-8-1-2-10-26-18/h3-7,9,11-12,18H,1-2,8,10,13H2,(H,24,25). The molecule has 3 heterocycles. The predicted molar refractivity (Wildman–Crippen MR) is 97.5 cm³/mol. The van der Waals surface area contributed by atoms with Gasteiger partial charge in [0.25, 0.3) is 5.91 Å². The van der Waals surface area contributed by atoms with Gasteiger partial charge in [-0.3, -0.25) is 9.78 Å². The molecular formula is C20H20N4O2. The highest BCUT2D eigenvalue weighted by atomic mass is 16.5. The van der Waals surface area contributed by atoms with Gasteiger partial charge in [0.05, 0.1) is 5.52 Å². The number of nitrogens with one attached hydrogen (secondary N) is 1. The van der Waals surface area contributed by atoms with Crippen molar-refractivity contribution in [3.05, 3.63) is 65.9 Å². The van der Waals surface area contributed by atoms with E-state index in [2.05, 4.69) is 20.3 Å². The molecule has 1 atom stereocenters. The maximum absolute atomic E-state index is 12.5. The average Bonchev–Trinajstić information content (AvgIpc) is 2.72. The SMILES string of the molecule is O=C(NCc1cnc(C2CCCCO2)nc1)c1cccc2ncccc12. The van der Waals surface area contributed by atoms with E-state index in [9.17, 15) is 4.79 Å². The van der Waals surface area contributed by atoms with E-state index in [0.29, 0.717) is 12.1 Å². The van der Waals surface area contributed by atoms with Crippen LogP contribution >= 0.6 is 0 Å². The van der Waals surface area contributed by atoms with Crippen molar-refractivity contribution >= 4 is 16.8 Å². The van der Waals surface area contributed by atoms with Crippen LogP contribution in [0.1, 0.15) is 47.1 Å². The van der Waals surface area contributed by atoms with Crippen LogP contribution in [0.25, 0.3) is 10.9 Å². The molecule has 1 aliphatic rings. The minimum atomic E-state index is -0.136. The smallest absolute Gasteiger partial charge is 0.252 e. The van der Waals surface area contributed by atoms with Crippen LogP contribution < -0.4 is 5.32 Å². The molecule has 1 aromatic carbocycles. The second kappa shape index (κ2) is 7.58. The molecule has 6 nitrogen and oxygen atoms in total. The van der Waals surface area contributed by atoms with Crippen molar-refractivity contribution in [2.75, 3.05) is 6.61 Å². The maximum atomic E-state index is 12.5. The van der Waals surface area contributed by atoms with Gasteiger partial charge in [0.15, 0.2) is 5.82 Å². The number of benzene rings is 1. The molecule has 1 N–H and O–H groups in total. The Balaban J connectivity index is 1.42. The second-order valence-corrected chi connectivity index (χ2v) is 6.36. The van der Waals surface area contributed by atoms with Crippen molar-refractivity contribution in [1.29, 1.82) is 0 Å². The zero-order chi connectivity index (χ0) is 17.8. The van der Waals surface area contributed by atoms with Crippen molar-refractivity contribution in [1.82, 2.24) is 20.3 Å². The van der Waals surface area contributed by atoms with Gasteiger partial charge in [-0.15, -0.1) is 0 Å². The third-order valence-electron chi connectivity index (χ3n) is 4.54. The number of fused-ring (bicyclic) bond motifs is 1. The van der Waals surface area contributed by atoms with E-state index in [-0.39, 0.29) is 12.0 Å². The number of hydrogen-bond donors (Lipinski definition) is 1. The van der Waals surface area contributed by atoms with Crippen LogP contribution in [-0.4, -0.2) is 27.5 Å². The number of aromatic nitrogens is 3. The molecule has 0 aliphatic carbocycles. The van der Waals surface area contributed by atoms with E-state index in [1.807, 2.05) is 24.3 Å². The summed E-state index contributed by atoms with van der Waals surface area (Å²) in [4.78, 5) is 25.6. The fourth-order valence-corrected chi connectivity index (χ4v) is 3.15. The van der Waals surface area contributed by atoms with Crippen molar-refractivity contribution in [2.24, 2.45) is 0 Å². The molecule has 1 unspecified atom stereocenters. The van der Waals surface area contributed by atoms with E-state index < -0.39 is 0 Å². The Hall–Kier alpha value is -2.86. The van der Waals surface area contributed by atoms with Gasteiger partial charge in [0, 0.05) is 48.3 Å². The number of nitrogens with zero attached hydrogens (tertiary/aromatic N) is 3. The van der Waals surface area contributed by atoms with E-state index in [1.54, 1.807) is 24.7 Å². The van der Waals surface area contributed by atoms with Crippen LogP contribution in [0, 0.1) is 0 Å². The third kappa shape index (κ3) is 3.55. The normalized spacial score (nSPS) is 17.2. The molecule has 26 heavy (non-hydrogen) atoms. The largest absolute Gasteiger partial charge is 0.370 e. The Bertz CT molecular complexity index is 900. The average molecular weight is 348 g/mol. The van der Waals surface area contributed by atoms with E-state index in [0.717, 1.165) is 48.2 Å². The van der Waals surface area contributed by atoms with E-state index in [1.165, 1.54) is 0 Å². The van der Waals surface area contributed by atoms with Gasteiger partial charge >= 0.3 is 0 Å². The lowest BCUT2D eigenvalue weighted by molar-refractivity contribution is 0.00940. The molecule has 0 bridgehead atoms. The highest BCUT2D eigenvalue weighted by Crippen LogP contribution is 2.24. The fourth-order valence-electron chi connectivity index (χ4n) is 3.15. The van der Waals surface area contributed by atoms with Gasteiger partial charge in [0.2, 0.25) is 0 Å². The number of hydrogen-bond acceptors (Lipinski definition) is 5. The summed E-state index contributed by atoms with van der Waals surface area (Å²) in [5, 5.41) is 3.77. The molecule has 1 fully saturated rings. The maximum Gasteiger partial charge on any atom is 0.252 e. The first kappa shape index (κ1) is 16.6. The molecule has 0 radical (unpaired) electrons. The molecule has 4 rings (SSSR count). The minimum absolute atomic E-state index is 0.00410. The summed E-state index contributed by atoms with van der Waals surface area (Å²) in [6, 6.07) is 9.27. The molecule has 0 spiro atoms. The molecule has 1 aliphatic heterocycles. The highest BCUT2D eigenvalue weighted by molar-refractivity contribution is 6.06. The van der Waals surface area contributed by atoms with Crippen molar-refractivity contribution in [2.45, 2.75) is 31.9 Å². The van der Waals surface area contributed by atoms with Gasteiger partial charge < -0.3 is 10.1 Å². The lowest BCUT2D eigenvalue weighted by Gasteiger charge is -2.21. The first-order chi connectivity index (χ1) is 12.8. The molecule has 0 saturated carbocycles. The summed E-state index contributed by atoms with van der Waals surface area (Å²) >= 11 is 0. The summed E-state index contributed by atoms with van der Waals surface area (Å²) in [7, 11) is 0. The molecule has 132 valence electrons. The highest BCUT2D eigenvalue weighted by Gasteiger charge is 2.18. The Morgan fingerprint density at radius 3 is 2.81 bits per heavy atom. The minimum Gasteiger partial charge on any atom is -0.370 e. The summed E-state index contributed by atoms with van der Waals surface area (Å²) < 4.78 is 5.70. The molecule has 6 heteroatoms. The van der Waals surface area contributed by atoms with Crippen LogP contribution in [0.5, 0.6) is 0 Å². The molecule has 1 amide bonds. The topological polar surface area (TPSA) is 77.0 Å². The van der Waals surface area contributed by atoms with Crippen molar-refractivity contribution in [3.63, 3.8) is 0 Å². The summed E-state index contributed by atoms with van der Waals surface area (Å²) in [5.74, 6) is 0.586. The summed E-state index contributed by atoms with van der Waals surface area (Å²) in [6.07, 6.45) is 8.44. The number of carbonyl (C=O) groups is 1. The third-order valence-corrected chi connectivity index (χ3v) is 4.54. The van der Waals surface area contributed by atoms with Crippen molar-refractivity contribution < 1.29 is 9.53 Å². The second-order valence-electron chi connectivity index (χ2n) is 6.36. The molecule has 2 aromatic heterocycles. The van der Waals surface area contributed by atoms with E-state index >= 15 is 0 Å². The zero-order valence-corrected chi connectivity index (χ0v) is 14.4. The lowest BCUT2D eigenvalue weighted by atomic mass is 10.1. The van der Waals surface area contributed by atoms with Crippen LogP contribution in [0.4, 0.5) is 0 Å². The van der Waals surface area contributed by atoms with Crippen molar-refractivity contribution in [3.8, 4) is 0 Å².